The van der Waals surface area contributed by atoms with Crippen LogP contribution in [-0.4, -0.2) is 26.3 Å². The summed E-state index contributed by atoms with van der Waals surface area (Å²) in [6.45, 7) is 6.08. The molecule has 0 aromatic rings. The summed E-state index contributed by atoms with van der Waals surface area (Å²) in [4.78, 5) is 0. The second kappa shape index (κ2) is 7.76. The zero-order valence-electron chi connectivity index (χ0n) is 7.76. The van der Waals surface area contributed by atoms with Gasteiger partial charge in [0.1, 0.15) is 0 Å². The van der Waals surface area contributed by atoms with Gasteiger partial charge in [-0.15, -0.1) is 0 Å². The summed E-state index contributed by atoms with van der Waals surface area (Å²) < 4.78 is 4.86. The molecule has 0 aromatic carbocycles. The van der Waals surface area contributed by atoms with Crippen LogP contribution in [-0.2, 0) is 4.74 Å². The van der Waals surface area contributed by atoms with Crippen molar-refractivity contribution in [2.24, 2.45) is 0 Å². The molecule has 66 valence electrons. The molecule has 0 aromatic heterocycles. The van der Waals surface area contributed by atoms with Gasteiger partial charge in [-0.2, -0.15) is 0 Å². The van der Waals surface area contributed by atoms with E-state index in [1.807, 2.05) is 6.08 Å². The van der Waals surface area contributed by atoms with Gasteiger partial charge in [-0.25, -0.2) is 0 Å². The molecule has 0 aliphatic heterocycles. The Kier molecular flexibility index (Phi) is 7.52. The molecule has 1 N–H and O–H groups in total. The van der Waals surface area contributed by atoms with Crippen LogP contribution in [0.1, 0.15) is 20.3 Å². The van der Waals surface area contributed by atoms with Gasteiger partial charge in [0, 0.05) is 13.2 Å². The van der Waals surface area contributed by atoms with E-state index >= 15 is 0 Å². The minimum atomic E-state index is 0.589. The Labute approximate surface area is 69.6 Å². The van der Waals surface area contributed by atoms with Crippen LogP contribution in [0.25, 0.3) is 0 Å². The Morgan fingerprint density at radius 1 is 1.36 bits per heavy atom. The van der Waals surface area contributed by atoms with Gasteiger partial charge < -0.3 is 10.1 Å². The van der Waals surface area contributed by atoms with E-state index in [1.54, 1.807) is 7.11 Å². The lowest BCUT2D eigenvalue weighted by Gasteiger charge is -2.04. The number of hydrogen-bond acceptors (Lipinski definition) is 2. The fourth-order valence-corrected chi connectivity index (χ4v) is 0.737. The minimum Gasteiger partial charge on any atom is -0.381 e. The first-order valence-corrected chi connectivity index (χ1v) is 4.14. The van der Waals surface area contributed by atoms with E-state index < -0.39 is 0 Å². The molecular weight excluding hydrogens is 138 g/mol. The van der Waals surface area contributed by atoms with Crippen molar-refractivity contribution in [2.45, 2.75) is 26.3 Å². The van der Waals surface area contributed by atoms with Crippen LogP contribution >= 0.6 is 0 Å². The third-order valence-electron chi connectivity index (χ3n) is 1.29. The molecular formula is C9H19NO. The highest BCUT2D eigenvalue weighted by atomic mass is 16.5. The van der Waals surface area contributed by atoms with Gasteiger partial charge in [0.15, 0.2) is 0 Å². The highest BCUT2D eigenvalue weighted by Crippen LogP contribution is 1.83. The van der Waals surface area contributed by atoms with E-state index in [2.05, 4.69) is 25.2 Å². The van der Waals surface area contributed by atoms with E-state index in [1.165, 1.54) is 0 Å². The highest BCUT2D eigenvalue weighted by Gasteiger charge is 1.87. The summed E-state index contributed by atoms with van der Waals surface area (Å²) in [5, 5.41) is 3.33. The molecule has 2 heteroatoms. The molecule has 0 unspecified atom stereocenters. The standard InChI is InChI=1S/C9H19NO/c1-9(2)10-7-5-4-6-8-11-3/h4,6,9-10H,5,7-8H2,1-3H3. The predicted molar refractivity (Wildman–Crippen MR) is 48.8 cm³/mol. The van der Waals surface area contributed by atoms with E-state index in [9.17, 15) is 0 Å². The molecule has 0 saturated heterocycles. The Morgan fingerprint density at radius 2 is 2.09 bits per heavy atom. The largest absolute Gasteiger partial charge is 0.381 e. The molecule has 0 atom stereocenters. The number of methoxy groups -OCH3 is 1. The highest BCUT2D eigenvalue weighted by molar-refractivity contribution is 4.81. The first kappa shape index (κ1) is 10.7. The number of hydrogen-bond donors (Lipinski definition) is 1. The van der Waals surface area contributed by atoms with Crippen LogP contribution in [0.5, 0.6) is 0 Å². The molecule has 11 heavy (non-hydrogen) atoms. The zero-order chi connectivity index (χ0) is 8.53. The topological polar surface area (TPSA) is 21.3 Å². The molecule has 0 amide bonds. The van der Waals surface area contributed by atoms with E-state index in [0.29, 0.717) is 6.04 Å². The minimum absolute atomic E-state index is 0.589. The fraction of sp³-hybridized carbons (Fsp3) is 0.778. The Morgan fingerprint density at radius 3 is 2.64 bits per heavy atom. The van der Waals surface area contributed by atoms with Crippen LogP contribution in [0.4, 0.5) is 0 Å². The molecule has 0 spiro atoms. The summed E-state index contributed by atoms with van der Waals surface area (Å²) in [6, 6.07) is 0.589. The molecule has 0 aliphatic carbocycles. The monoisotopic (exact) mass is 157 g/mol. The van der Waals surface area contributed by atoms with Crippen LogP contribution in [0.15, 0.2) is 12.2 Å². The zero-order valence-corrected chi connectivity index (χ0v) is 7.76. The van der Waals surface area contributed by atoms with Crippen LogP contribution < -0.4 is 5.32 Å². The molecule has 0 rings (SSSR count). The average molecular weight is 157 g/mol. The lowest BCUT2D eigenvalue weighted by Crippen LogP contribution is -2.23. The van der Waals surface area contributed by atoms with Crippen LogP contribution in [0, 0.1) is 0 Å². The summed E-state index contributed by atoms with van der Waals surface area (Å²) in [5.41, 5.74) is 0. The normalized spacial score (nSPS) is 11.6. The summed E-state index contributed by atoms with van der Waals surface area (Å²) in [6.07, 6.45) is 5.27. The van der Waals surface area contributed by atoms with Crippen molar-refractivity contribution in [3.05, 3.63) is 12.2 Å². The Bertz CT molecular complexity index is 99.7. The SMILES string of the molecule is COCC=CCCNC(C)C. The molecule has 0 fully saturated rings. The van der Waals surface area contributed by atoms with Crippen molar-refractivity contribution < 1.29 is 4.74 Å². The van der Waals surface area contributed by atoms with Crippen molar-refractivity contribution in [1.82, 2.24) is 5.32 Å². The van der Waals surface area contributed by atoms with Crippen molar-refractivity contribution in [1.29, 1.82) is 0 Å². The second-order valence-electron chi connectivity index (χ2n) is 2.82. The van der Waals surface area contributed by atoms with Gasteiger partial charge in [0.25, 0.3) is 0 Å². The Hall–Kier alpha value is -0.340. The summed E-state index contributed by atoms with van der Waals surface area (Å²) >= 11 is 0. The smallest absolute Gasteiger partial charge is 0.0643 e. The molecule has 0 radical (unpaired) electrons. The number of ether oxygens (including phenoxy) is 1. The number of rotatable bonds is 6. The maximum absolute atomic E-state index is 4.86. The first-order valence-electron chi connectivity index (χ1n) is 4.14. The second-order valence-corrected chi connectivity index (χ2v) is 2.82. The van der Waals surface area contributed by atoms with Crippen LogP contribution in [0.2, 0.25) is 0 Å². The summed E-state index contributed by atoms with van der Waals surface area (Å²) in [7, 11) is 1.71. The lowest BCUT2D eigenvalue weighted by atomic mass is 10.3. The first-order chi connectivity index (χ1) is 5.27. The molecule has 0 bridgehead atoms. The van der Waals surface area contributed by atoms with Gasteiger partial charge in [0.2, 0.25) is 0 Å². The van der Waals surface area contributed by atoms with Gasteiger partial charge in [-0.05, 0) is 13.0 Å². The quantitative estimate of drug-likeness (QED) is 0.467. The predicted octanol–water partition coefficient (Wildman–Crippen LogP) is 1.58. The maximum atomic E-state index is 4.86. The van der Waals surface area contributed by atoms with E-state index in [4.69, 9.17) is 4.74 Å². The molecule has 0 heterocycles. The van der Waals surface area contributed by atoms with Crippen molar-refractivity contribution in [2.75, 3.05) is 20.3 Å². The maximum Gasteiger partial charge on any atom is 0.0643 e. The third kappa shape index (κ3) is 9.66. The lowest BCUT2D eigenvalue weighted by molar-refractivity contribution is 0.233. The van der Waals surface area contributed by atoms with E-state index in [-0.39, 0.29) is 0 Å². The van der Waals surface area contributed by atoms with Crippen molar-refractivity contribution in [3.8, 4) is 0 Å². The molecule has 0 aliphatic rings. The van der Waals surface area contributed by atoms with E-state index in [0.717, 1.165) is 19.6 Å². The molecule has 0 saturated carbocycles. The average Bonchev–Trinajstić information content (AvgIpc) is 1.96. The summed E-state index contributed by atoms with van der Waals surface area (Å²) in [5.74, 6) is 0. The third-order valence-corrected chi connectivity index (χ3v) is 1.29. The molecule has 2 nitrogen and oxygen atoms in total. The van der Waals surface area contributed by atoms with Gasteiger partial charge in [-0.3, -0.25) is 0 Å². The van der Waals surface area contributed by atoms with Gasteiger partial charge in [0.05, 0.1) is 6.61 Å². The Balaban J connectivity index is 3.01. The number of nitrogens with one attached hydrogen (secondary N) is 1. The van der Waals surface area contributed by atoms with Crippen molar-refractivity contribution >= 4 is 0 Å². The fourth-order valence-electron chi connectivity index (χ4n) is 0.737. The van der Waals surface area contributed by atoms with Crippen LogP contribution in [0.3, 0.4) is 0 Å². The van der Waals surface area contributed by atoms with Gasteiger partial charge >= 0.3 is 0 Å². The van der Waals surface area contributed by atoms with Crippen molar-refractivity contribution in [3.63, 3.8) is 0 Å². The van der Waals surface area contributed by atoms with Gasteiger partial charge in [-0.1, -0.05) is 26.0 Å².